The topological polar surface area (TPSA) is 26.0 Å². The maximum atomic E-state index is 5.21. The van der Waals surface area contributed by atoms with Crippen molar-refractivity contribution < 1.29 is 0 Å². The summed E-state index contributed by atoms with van der Waals surface area (Å²) in [6.45, 7) is 0.709. The molecule has 0 aromatic carbocycles. The van der Waals surface area contributed by atoms with Gasteiger partial charge in [-0.15, -0.1) is 12.3 Å². The molecule has 0 fully saturated rings. The molecule has 44 valence electrons. The summed E-state index contributed by atoms with van der Waals surface area (Å²) in [5, 5.41) is 0. The van der Waals surface area contributed by atoms with E-state index in [9.17, 15) is 0 Å². The van der Waals surface area contributed by atoms with Crippen molar-refractivity contribution in [3.63, 3.8) is 0 Å². The fourth-order valence-electron chi connectivity index (χ4n) is 0.365. The minimum Gasteiger partial charge on any atom is -0.330 e. The molecule has 0 saturated heterocycles. The molecule has 0 radical (unpaired) electrons. The van der Waals surface area contributed by atoms with Crippen molar-refractivity contribution in [2.45, 2.75) is 12.8 Å². The molecule has 0 aromatic rings. The molecule has 1 heteroatoms. The second kappa shape index (κ2) is 6.26. The zero-order valence-corrected chi connectivity index (χ0v) is 4.93. The highest BCUT2D eigenvalue weighted by Crippen LogP contribution is 1.81. The molecule has 0 aromatic heterocycles. The number of allylic oxidation sites excluding steroid dienone is 1. The van der Waals surface area contributed by atoms with E-state index in [0.717, 1.165) is 12.8 Å². The molecule has 1 nitrogen and oxygen atoms in total. The van der Waals surface area contributed by atoms with Gasteiger partial charge in [0.1, 0.15) is 0 Å². The largest absolute Gasteiger partial charge is 0.330 e. The van der Waals surface area contributed by atoms with Crippen molar-refractivity contribution in [1.82, 2.24) is 0 Å². The summed E-state index contributed by atoms with van der Waals surface area (Å²) < 4.78 is 0. The van der Waals surface area contributed by atoms with Crippen molar-refractivity contribution in [2.24, 2.45) is 5.73 Å². The van der Waals surface area contributed by atoms with E-state index >= 15 is 0 Å². The van der Waals surface area contributed by atoms with Gasteiger partial charge in [-0.1, -0.05) is 12.2 Å². The van der Waals surface area contributed by atoms with Gasteiger partial charge in [-0.3, -0.25) is 0 Å². The van der Waals surface area contributed by atoms with Gasteiger partial charge < -0.3 is 5.73 Å². The summed E-state index contributed by atoms with van der Waals surface area (Å²) in [7, 11) is 0. The van der Waals surface area contributed by atoms with E-state index in [2.05, 4.69) is 5.92 Å². The average Bonchev–Trinajstić information content (AvgIpc) is 1.81. The maximum Gasteiger partial charge on any atom is 0.0267 e. The van der Waals surface area contributed by atoms with Gasteiger partial charge >= 0.3 is 0 Å². The molecule has 0 bridgehead atoms. The smallest absolute Gasteiger partial charge is 0.0267 e. The lowest BCUT2D eigenvalue weighted by Gasteiger charge is -1.80. The van der Waals surface area contributed by atoms with Crippen LogP contribution in [0, 0.1) is 12.3 Å². The van der Waals surface area contributed by atoms with E-state index in [1.165, 1.54) is 0 Å². The van der Waals surface area contributed by atoms with Crippen molar-refractivity contribution >= 4 is 0 Å². The van der Waals surface area contributed by atoms with E-state index in [0.29, 0.717) is 6.54 Å². The molecule has 0 aliphatic carbocycles. The lowest BCUT2D eigenvalue weighted by atomic mass is 10.3. The molecular weight excluding hydrogens is 98.1 g/mol. The average molecular weight is 109 g/mol. The molecule has 2 N–H and O–H groups in total. The molecule has 0 unspecified atom stereocenters. The van der Waals surface area contributed by atoms with Crippen LogP contribution in [0.3, 0.4) is 0 Å². The molecule has 0 saturated carbocycles. The van der Waals surface area contributed by atoms with Gasteiger partial charge in [-0.05, 0) is 13.0 Å². The fraction of sp³-hybridized carbons (Fsp3) is 0.429. The lowest BCUT2D eigenvalue weighted by molar-refractivity contribution is 1.00. The molecule has 0 aliphatic rings. The van der Waals surface area contributed by atoms with E-state index in [1.54, 1.807) is 0 Å². The minimum absolute atomic E-state index is 0.709. The Labute approximate surface area is 50.6 Å². The summed E-state index contributed by atoms with van der Waals surface area (Å²) in [5.74, 6) is 2.50. The Balaban J connectivity index is 2.98. The van der Waals surface area contributed by atoms with Gasteiger partial charge in [0.15, 0.2) is 0 Å². The predicted molar refractivity (Wildman–Crippen MR) is 36.3 cm³/mol. The Bertz CT molecular complexity index is 97.4. The van der Waals surface area contributed by atoms with E-state index < -0.39 is 0 Å². The van der Waals surface area contributed by atoms with Gasteiger partial charge in [0.05, 0.1) is 0 Å². The Kier molecular flexibility index (Phi) is 5.68. The first-order valence-corrected chi connectivity index (χ1v) is 2.70. The molecule has 0 heterocycles. The third-order valence-electron chi connectivity index (χ3n) is 0.736. The first kappa shape index (κ1) is 7.26. The van der Waals surface area contributed by atoms with Crippen molar-refractivity contribution in [2.75, 3.05) is 6.54 Å². The van der Waals surface area contributed by atoms with E-state index in [-0.39, 0.29) is 0 Å². The zero-order valence-electron chi connectivity index (χ0n) is 4.93. The summed E-state index contributed by atoms with van der Waals surface area (Å²) in [4.78, 5) is 0. The van der Waals surface area contributed by atoms with Gasteiger partial charge in [0.25, 0.3) is 0 Å². The van der Waals surface area contributed by atoms with Crippen LogP contribution >= 0.6 is 0 Å². The van der Waals surface area contributed by atoms with E-state index in [4.69, 9.17) is 12.2 Å². The molecule has 0 spiro atoms. The first-order valence-electron chi connectivity index (χ1n) is 2.70. The van der Waals surface area contributed by atoms with Crippen LogP contribution in [0.2, 0.25) is 0 Å². The number of hydrogen-bond acceptors (Lipinski definition) is 1. The Morgan fingerprint density at radius 3 is 2.75 bits per heavy atom. The van der Waals surface area contributed by atoms with Gasteiger partial charge in [0, 0.05) is 6.42 Å². The highest BCUT2D eigenvalue weighted by atomic mass is 14.5. The number of rotatable bonds is 3. The Hall–Kier alpha value is -0.740. The normalized spacial score (nSPS) is 9.50. The first-order chi connectivity index (χ1) is 3.91. The Morgan fingerprint density at radius 2 is 2.25 bits per heavy atom. The number of nitrogens with two attached hydrogens (primary N) is 1. The molecular formula is C7H11N. The van der Waals surface area contributed by atoms with Crippen LogP contribution < -0.4 is 5.73 Å². The Morgan fingerprint density at radius 1 is 1.50 bits per heavy atom. The van der Waals surface area contributed by atoms with Gasteiger partial charge in [-0.25, -0.2) is 0 Å². The minimum atomic E-state index is 0.709. The lowest BCUT2D eigenvalue weighted by Crippen LogP contribution is -1.94. The highest BCUT2D eigenvalue weighted by molar-refractivity contribution is 4.96. The summed E-state index contributed by atoms with van der Waals surface area (Å²) >= 11 is 0. The predicted octanol–water partition coefficient (Wildman–Crippen LogP) is 0.915. The van der Waals surface area contributed by atoms with Gasteiger partial charge in [-0.2, -0.15) is 0 Å². The van der Waals surface area contributed by atoms with Crippen LogP contribution in [0.25, 0.3) is 0 Å². The summed E-state index contributed by atoms with van der Waals surface area (Å²) in [6, 6.07) is 0. The zero-order chi connectivity index (χ0) is 6.24. The SMILES string of the molecule is C#CCC=CCCN. The quantitative estimate of drug-likeness (QED) is 0.423. The molecule has 8 heavy (non-hydrogen) atoms. The van der Waals surface area contributed by atoms with E-state index in [1.807, 2.05) is 12.2 Å². The van der Waals surface area contributed by atoms with Crippen LogP contribution in [-0.4, -0.2) is 6.54 Å². The summed E-state index contributed by atoms with van der Waals surface area (Å²) in [5.41, 5.74) is 5.21. The van der Waals surface area contributed by atoms with Crippen molar-refractivity contribution in [3.05, 3.63) is 12.2 Å². The second-order valence-corrected chi connectivity index (χ2v) is 1.46. The van der Waals surface area contributed by atoms with Crippen LogP contribution in [0.15, 0.2) is 12.2 Å². The van der Waals surface area contributed by atoms with Crippen LogP contribution in [-0.2, 0) is 0 Å². The fourth-order valence-corrected chi connectivity index (χ4v) is 0.365. The molecule has 0 rings (SSSR count). The highest BCUT2D eigenvalue weighted by Gasteiger charge is 1.69. The third-order valence-corrected chi connectivity index (χ3v) is 0.736. The molecule has 0 aliphatic heterocycles. The monoisotopic (exact) mass is 109 g/mol. The number of terminal acetylenes is 1. The van der Waals surface area contributed by atoms with Crippen molar-refractivity contribution in [3.8, 4) is 12.3 Å². The maximum absolute atomic E-state index is 5.21. The van der Waals surface area contributed by atoms with Gasteiger partial charge in [0.2, 0.25) is 0 Å². The number of hydrogen-bond donors (Lipinski definition) is 1. The third kappa shape index (κ3) is 5.26. The molecule has 0 atom stereocenters. The second-order valence-electron chi connectivity index (χ2n) is 1.46. The summed E-state index contributed by atoms with van der Waals surface area (Å²) in [6.07, 6.45) is 10.6. The van der Waals surface area contributed by atoms with Crippen LogP contribution in [0.4, 0.5) is 0 Å². The van der Waals surface area contributed by atoms with Crippen LogP contribution in [0.1, 0.15) is 12.8 Å². The standard InChI is InChI=1S/C7H11N/c1-2-3-4-5-6-7-8/h1,4-5H,3,6-8H2. The molecule has 0 amide bonds. The van der Waals surface area contributed by atoms with Crippen LogP contribution in [0.5, 0.6) is 0 Å². The van der Waals surface area contributed by atoms with Crippen molar-refractivity contribution in [1.29, 1.82) is 0 Å².